The number of hydrogen-bond acceptors (Lipinski definition) is 4. The van der Waals surface area contributed by atoms with Crippen LogP contribution in [-0.2, 0) is 15.4 Å². The summed E-state index contributed by atoms with van der Waals surface area (Å²) < 4.78 is 30.7. The molecule has 0 saturated carbocycles. The monoisotopic (exact) mass is 408 g/mol. The van der Waals surface area contributed by atoms with Gasteiger partial charge in [-0.1, -0.05) is 44.5 Å². The molecule has 0 amide bonds. The summed E-state index contributed by atoms with van der Waals surface area (Å²) in [7, 11) is -3.78. The van der Waals surface area contributed by atoms with Gasteiger partial charge in [0.2, 0.25) is 0 Å². The second-order valence-electron chi connectivity index (χ2n) is 7.21. The summed E-state index contributed by atoms with van der Waals surface area (Å²) in [6.45, 7) is 10.3. The van der Waals surface area contributed by atoms with Gasteiger partial charge in [0.1, 0.15) is 5.75 Å². The summed E-state index contributed by atoms with van der Waals surface area (Å²) in [6, 6.07) is 10.6. The van der Waals surface area contributed by atoms with Crippen molar-refractivity contribution >= 4 is 27.8 Å². The number of nitrogens with one attached hydrogen (secondary N) is 1. The van der Waals surface area contributed by atoms with E-state index in [0.717, 1.165) is 5.56 Å². The molecule has 27 heavy (non-hydrogen) atoms. The van der Waals surface area contributed by atoms with E-state index >= 15 is 0 Å². The van der Waals surface area contributed by atoms with Gasteiger partial charge in [-0.15, -0.1) is 0 Å². The van der Waals surface area contributed by atoms with Crippen LogP contribution < -0.4 is 9.57 Å². The molecule has 2 aromatic carbocycles. The smallest absolute Gasteiger partial charge is 0.276 e. The van der Waals surface area contributed by atoms with E-state index in [4.69, 9.17) is 16.3 Å². The van der Waals surface area contributed by atoms with Crippen LogP contribution in [0.2, 0.25) is 5.02 Å². The highest BCUT2D eigenvalue weighted by Gasteiger charge is 2.21. The van der Waals surface area contributed by atoms with E-state index < -0.39 is 10.0 Å². The molecule has 0 aromatic heterocycles. The van der Waals surface area contributed by atoms with Crippen molar-refractivity contribution in [1.29, 1.82) is 0 Å². The summed E-state index contributed by atoms with van der Waals surface area (Å²) in [4.78, 5) is 2.49. The molecule has 2 aromatic rings. The first-order valence-electron chi connectivity index (χ1n) is 8.63. The Hall–Kier alpha value is -2.05. The number of halogens is 1. The fourth-order valence-corrected chi connectivity index (χ4v) is 3.75. The molecular weight excluding hydrogens is 384 g/mol. The van der Waals surface area contributed by atoms with Crippen LogP contribution in [0.15, 0.2) is 46.4 Å². The van der Waals surface area contributed by atoms with Gasteiger partial charge in [-0.25, -0.2) is 4.83 Å². The molecule has 5 nitrogen and oxygen atoms in total. The maximum Gasteiger partial charge on any atom is 0.276 e. The highest BCUT2D eigenvalue weighted by molar-refractivity contribution is 7.89. The average Bonchev–Trinajstić information content (AvgIpc) is 2.56. The molecule has 0 aliphatic heterocycles. The minimum absolute atomic E-state index is 0.152. The fourth-order valence-electron chi connectivity index (χ4n) is 2.45. The first-order valence-corrected chi connectivity index (χ1v) is 10.5. The predicted octanol–water partition coefficient (Wildman–Crippen LogP) is 4.66. The Labute approximate surface area is 166 Å². The molecule has 1 N–H and O–H groups in total. The highest BCUT2D eigenvalue weighted by Crippen LogP contribution is 2.27. The second-order valence-corrected chi connectivity index (χ2v) is 9.24. The van der Waals surface area contributed by atoms with E-state index in [1.807, 2.05) is 39.8 Å². The van der Waals surface area contributed by atoms with Crippen LogP contribution >= 0.6 is 11.6 Å². The quantitative estimate of drug-likeness (QED) is 0.558. The number of nitrogens with zero attached hydrogens (tertiary/aromatic N) is 1. The van der Waals surface area contributed by atoms with E-state index in [2.05, 4.69) is 9.93 Å². The van der Waals surface area contributed by atoms with E-state index in [9.17, 15) is 8.42 Å². The molecule has 0 fully saturated rings. The molecule has 0 aliphatic carbocycles. The second kappa shape index (κ2) is 8.31. The average molecular weight is 409 g/mol. The fraction of sp³-hybridized carbons (Fsp3) is 0.350. The lowest BCUT2D eigenvalue weighted by Gasteiger charge is -2.20. The van der Waals surface area contributed by atoms with Crippen molar-refractivity contribution in [1.82, 2.24) is 4.83 Å². The molecule has 0 unspecified atom stereocenters. The predicted molar refractivity (Wildman–Crippen MR) is 110 cm³/mol. The molecule has 0 heterocycles. The van der Waals surface area contributed by atoms with Gasteiger partial charge in [-0.3, -0.25) is 0 Å². The van der Waals surface area contributed by atoms with Gasteiger partial charge in [0, 0.05) is 0 Å². The molecule has 146 valence electrons. The zero-order valence-corrected chi connectivity index (χ0v) is 17.8. The van der Waals surface area contributed by atoms with Crippen molar-refractivity contribution in [3.8, 4) is 5.75 Å². The van der Waals surface area contributed by atoms with Crippen molar-refractivity contribution in [2.45, 2.75) is 44.9 Å². The van der Waals surface area contributed by atoms with E-state index in [1.54, 1.807) is 31.2 Å². The van der Waals surface area contributed by atoms with Crippen molar-refractivity contribution in [2.24, 2.45) is 5.10 Å². The number of sulfonamides is 1. The van der Waals surface area contributed by atoms with Crippen molar-refractivity contribution < 1.29 is 13.2 Å². The van der Waals surface area contributed by atoms with Crippen molar-refractivity contribution in [2.75, 3.05) is 6.61 Å². The number of hydrazone groups is 1. The van der Waals surface area contributed by atoms with Crippen LogP contribution in [0.25, 0.3) is 0 Å². The van der Waals surface area contributed by atoms with Gasteiger partial charge in [0.15, 0.2) is 0 Å². The number of hydrogen-bond donors (Lipinski definition) is 1. The first-order chi connectivity index (χ1) is 12.5. The molecule has 7 heteroatoms. The first kappa shape index (κ1) is 21.3. The van der Waals surface area contributed by atoms with Crippen LogP contribution in [0.5, 0.6) is 5.75 Å². The molecule has 0 saturated heterocycles. The lowest BCUT2D eigenvalue weighted by molar-refractivity contribution is 0.340. The molecule has 2 rings (SSSR count). The Morgan fingerprint density at radius 1 is 1.19 bits per heavy atom. The number of ether oxygens (including phenoxy) is 1. The maximum absolute atomic E-state index is 12.7. The molecule has 0 spiro atoms. The van der Waals surface area contributed by atoms with Gasteiger partial charge in [-0.05, 0) is 60.2 Å². The summed E-state index contributed by atoms with van der Waals surface area (Å²) >= 11 is 6.13. The SMILES string of the molecule is CCOc1ccc(/C=N/NS(=O)(=O)c2cc(C(C)(C)C)ccc2C)cc1Cl. The van der Waals surface area contributed by atoms with Crippen molar-refractivity contribution in [3.05, 3.63) is 58.1 Å². The van der Waals surface area contributed by atoms with Gasteiger partial charge >= 0.3 is 0 Å². The van der Waals surface area contributed by atoms with E-state index in [1.165, 1.54) is 6.21 Å². The third-order valence-corrected chi connectivity index (χ3v) is 5.65. The maximum atomic E-state index is 12.7. The molecule has 0 bridgehead atoms. The van der Waals surface area contributed by atoms with Crippen LogP contribution in [-0.4, -0.2) is 21.2 Å². The summed E-state index contributed by atoms with van der Waals surface area (Å²) in [6.07, 6.45) is 1.40. The lowest BCUT2D eigenvalue weighted by atomic mass is 9.87. The largest absolute Gasteiger partial charge is 0.492 e. The third kappa shape index (κ3) is 5.47. The summed E-state index contributed by atoms with van der Waals surface area (Å²) in [5.74, 6) is 0.575. The number of aryl methyl sites for hydroxylation is 1. The topological polar surface area (TPSA) is 67.8 Å². The zero-order valence-electron chi connectivity index (χ0n) is 16.2. The van der Waals surface area contributed by atoms with Crippen LogP contribution in [0.3, 0.4) is 0 Å². The Morgan fingerprint density at radius 3 is 2.48 bits per heavy atom. The van der Waals surface area contributed by atoms with Crippen LogP contribution in [0.1, 0.15) is 44.4 Å². The van der Waals surface area contributed by atoms with E-state index in [0.29, 0.717) is 28.5 Å². The molecule has 0 atom stereocenters. The minimum atomic E-state index is -3.78. The van der Waals surface area contributed by atoms with Gasteiger partial charge in [-0.2, -0.15) is 13.5 Å². The molecule has 0 radical (unpaired) electrons. The highest BCUT2D eigenvalue weighted by atomic mass is 35.5. The van der Waals surface area contributed by atoms with E-state index in [-0.39, 0.29) is 10.3 Å². The van der Waals surface area contributed by atoms with Gasteiger partial charge in [0.05, 0.1) is 22.7 Å². The summed E-state index contributed by atoms with van der Waals surface area (Å²) in [5, 5.41) is 4.32. The Bertz CT molecular complexity index is 948. The van der Waals surface area contributed by atoms with Crippen molar-refractivity contribution in [3.63, 3.8) is 0 Å². The minimum Gasteiger partial charge on any atom is -0.492 e. The van der Waals surface area contributed by atoms with Crippen LogP contribution in [0, 0.1) is 6.92 Å². The molecule has 0 aliphatic rings. The standard InChI is InChI=1S/C20H25ClN2O3S/c1-6-26-18-10-8-15(11-17(18)21)13-22-23-27(24,25)19-12-16(20(3,4)5)9-7-14(19)2/h7-13,23H,6H2,1-5H3/b22-13+. The Morgan fingerprint density at radius 2 is 1.89 bits per heavy atom. The third-order valence-electron chi connectivity index (χ3n) is 3.99. The lowest BCUT2D eigenvalue weighted by Crippen LogP contribution is -2.21. The van der Waals surface area contributed by atoms with Crippen LogP contribution in [0.4, 0.5) is 0 Å². The Kier molecular flexibility index (Phi) is 6.54. The number of benzene rings is 2. The number of rotatable bonds is 6. The van der Waals surface area contributed by atoms with Gasteiger partial charge in [0.25, 0.3) is 10.0 Å². The molecular formula is C20H25ClN2O3S. The van der Waals surface area contributed by atoms with Gasteiger partial charge < -0.3 is 4.74 Å². The Balaban J connectivity index is 2.22. The summed E-state index contributed by atoms with van der Waals surface area (Å²) in [5.41, 5.74) is 2.11. The zero-order chi connectivity index (χ0) is 20.2. The normalized spacial score (nSPS) is 12.4.